The minimum absolute atomic E-state index is 0.138. The van der Waals surface area contributed by atoms with Crippen molar-refractivity contribution in [2.45, 2.75) is 18.4 Å². The van der Waals surface area contributed by atoms with E-state index in [0.29, 0.717) is 5.75 Å². The molecule has 23 heavy (non-hydrogen) atoms. The van der Waals surface area contributed by atoms with Crippen LogP contribution in [0.2, 0.25) is 5.28 Å². The van der Waals surface area contributed by atoms with Gasteiger partial charge in [0.05, 0.1) is 18.8 Å². The lowest BCUT2D eigenvalue weighted by molar-refractivity contribution is 0.403. The predicted molar refractivity (Wildman–Crippen MR) is 91.6 cm³/mol. The summed E-state index contributed by atoms with van der Waals surface area (Å²) >= 11 is 6.02. The smallest absolute Gasteiger partial charge is 0.224 e. The number of para-hydroxylation sites is 1. The van der Waals surface area contributed by atoms with E-state index in [9.17, 15) is 0 Å². The Morgan fingerprint density at radius 3 is 2.65 bits per heavy atom. The zero-order chi connectivity index (χ0) is 15.9. The SMILES string of the molecule is COc1cnc(Cl)nc1N1CCN(c2ccccc2)CC12CC2. The number of benzene rings is 1. The van der Waals surface area contributed by atoms with Crippen LogP contribution in [0, 0.1) is 0 Å². The molecule has 0 radical (unpaired) electrons. The van der Waals surface area contributed by atoms with Gasteiger partial charge in [0, 0.05) is 25.3 Å². The molecule has 6 heteroatoms. The third-order valence-corrected chi connectivity index (χ3v) is 4.96. The Morgan fingerprint density at radius 2 is 1.96 bits per heavy atom. The average molecular weight is 331 g/mol. The van der Waals surface area contributed by atoms with Crippen molar-refractivity contribution >= 4 is 23.1 Å². The van der Waals surface area contributed by atoms with E-state index in [2.05, 4.69) is 50.1 Å². The summed E-state index contributed by atoms with van der Waals surface area (Å²) in [6.45, 7) is 2.86. The van der Waals surface area contributed by atoms with Gasteiger partial charge in [0.1, 0.15) is 0 Å². The number of aromatic nitrogens is 2. The zero-order valence-electron chi connectivity index (χ0n) is 13.1. The highest BCUT2D eigenvalue weighted by Crippen LogP contribution is 2.48. The molecule has 1 aliphatic heterocycles. The normalized spacial score (nSPS) is 19.0. The first kappa shape index (κ1) is 14.6. The topological polar surface area (TPSA) is 41.5 Å². The first-order chi connectivity index (χ1) is 11.2. The number of methoxy groups -OCH3 is 1. The van der Waals surface area contributed by atoms with Gasteiger partial charge in [-0.05, 0) is 36.6 Å². The Hall–Kier alpha value is -2.01. The standard InChI is InChI=1S/C17H19ClN4O/c1-23-14-11-19-16(18)20-15(14)22-10-9-21(12-17(22)7-8-17)13-5-3-2-4-6-13/h2-6,11H,7-10,12H2,1H3. The van der Waals surface area contributed by atoms with Crippen molar-refractivity contribution in [3.8, 4) is 5.75 Å². The second kappa shape index (κ2) is 5.57. The predicted octanol–water partition coefficient (Wildman–Crippen LogP) is 3.00. The number of nitrogens with zero attached hydrogens (tertiary/aromatic N) is 4. The summed E-state index contributed by atoms with van der Waals surface area (Å²) in [7, 11) is 1.65. The van der Waals surface area contributed by atoms with E-state index in [4.69, 9.17) is 16.3 Å². The fraction of sp³-hybridized carbons (Fsp3) is 0.412. The summed E-state index contributed by atoms with van der Waals surface area (Å²) < 4.78 is 5.45. The maximum atomic E-state index is 6.02. The lowest BCUT2D eigenvalue weighted by Gasteiger charge is -2.44. The molecule has 1 saturated heterocycles. The lowest BCUT2D eigenvalue weighted by atomic mass is 10.1. The van der Waals surface area contributed by atoms with Crippen molar-refractivity contribution in [1.29, 1.82) is 0 Å². The minimum atomic E-state index is 0.138. The monoisotopic (exact) mass is 330 g/mol. The van der Waals surface area contributed by atoms with Crippen LogP contribution in [0.25, 0.3) is 0 Å². The summed E-state index contributed by atoms with van der Waals surface area (Å²) in [6, 6.07) is 10.6. The first-order valence-electron chi connectivity index (χ1n) is 7.86. The molecule has 2 aromatic rings. The molecule has 1 spiro atoms. The van der Waals surface area contributed by atoms with Gasteiger partial charge in [-0.3, -0.25) is 0 Å². The molecule has 1 saturated carbocycles. The fourth-order valence-electron chi connectivity index (χ4n) is 3.42. The molecule has 1 aromatic heterocycles. The van der Waals surface area contributed by atoms with Crippen molar-refractivity contribution < 1.29 is 4.74 Å². The van der Waals surface area contributed by atoms with Crippen LogP contribution in [0.15, 0.2) is 36.5 Å². The van der Waals surface area contributed by atoms with Crippen LogP contribution < -0.4 is 14.5 Å². The number of hydrogen-bond acceptors (Lipinski definition) is 5. The van der Waals surface area contributed by atoms with E-state index in [1.807, 2.05) is 0 Å². The third kappa shape index (κ3) is 2.59. The van der Waals surface area contributed by atoms with Crippen LogP contribution in [-0.4, -0.2) is 42.3 Å². The summed E-state index contributed by atoms with van der Waals surface area (Å²) in [5.74, 6) is 1.51. The van der Waals surface area contributed by atoms with Gasteiger partial charge in [-0.25, -0.2) is 4.98 Å². The number of rotatable bonds is 3. The molecule has 2 aliphatic rings. The highest BCUT2D eigenvalue weighted by molar-refractivity contribution is 6.28. The molecule has 120 valence electrons. The number of anilines is 2. The van der Waals surface area contributed by atoms with Crippen molar-refractivity contribution in [2.24, 2.45) is 0 Å². The summed E-state index contributed by atoms with van der Waals surface area (Å²) in [5.41, 5.74) is 1.42. The van der Waals surface area contributed by atoms with Gasteiger partial charge in [-0.15, -0.1) is 0 Å². The van der Waals surface area contributed by atoms with Crippen LogP contribution in [0.5, 0.6) is 5.75 Å². The van der Waals surface area contributed by atoms with Gasteiger partial charge in [-0.2, -0.15) is 4.98 Å². The van der Waals surface area contributed by atoms with Crippen LogP contribution >= 0.6 is 11.6 Å². The van der Waals surface area contributed by atoms with Crippen molar-refractivity contribution in [2.75, 3.05) is 36.5 Å². The molecule has 0 bridgehead atoms. The van der Waals surface area contributed by atoms with Gasteiger partial charge >= 0.3 is 0 Å². The van der Waals surface area contributed by atoms with Crippen molar-refractivity contribution in [3.05, 3.63) is 41.8 Å². The van der Waals surface area contributed by atoms with Crippen molar-refractivity contribution in [1.82, 2.24) is 9.97 Å². The number of piperazine rings is 1. The molecule has 5 nitrogen and oxygen atoms in total. The average Bonchev–Trinajstić information content (AvgIpc) is 3.35. The molecule has 1 aromatic carbocycles. The largest absolute Gasteiger partial charge is 0.491 e. The zero-order valence-corrected chi connectivity index (χ0v) is 13.8. The number of halogens is 1. The summed E-state index contributed by atoms with van der Waals surface area (Å²) in [5, 5.41) is 0.266. The Bertz CT molecular complexity index is 705. The molecule has 2 fully saturated rings. The van der Waals surface area contributed by atoms with Crippen LogP contribution in [0.3, 0.4) is 0 Å². The van der Waals surface area contributed by atoms with E-state index in [0.717, 1.165) is 25.5 Å². The molecule has 0 atom stereocenters. The Labute approximate surface area is 140 Å². The highest BCUT2D eigenvalue weighted by Gasteiger charge is 2.52. The summed E-state index contributed by atoms with van der Waals surface area (Å²) in [4.78, 5) is 13.3. The van der Waals surface area contributed by atoms with Crippen LogP contribution in [-0.2, 0) is 0 Å². The lowest BCUT2D eigenvalue weighted by Crippen LogP contribution is -2.55. The van der Waals surface area contributed by atoms with Gasteiger partial charge in [0.2, 0.25) is 5.28 Å². The number of ether oxygens (including phenoxy) is 1. The summed E-state index contributed by atoms with van der Waals surface area (Å²) in [6.07, 6.45) is 3.99. The molecule has 4 rings (SSSR count). The Balaban J connectivity index is 1.63. The molecule has 1 aliphatic carbocycles. The van der Waals surface area contributed by atoms with E-state index in [-0.39, 0.29) is 10.8 Å². The van der Waals surface area contributed by atoms with E-state index in [1.54, 1.807) is 13.3 Å². The Kier molecular flexibility index (Phi) is 3.53. The van der Waals surface area contributed by atoms with Crippen molar-refractivity contribution in [3.63, 3.8) is 0 Å². The van der Waals surface area contributed by atoms with E-state index < -0.39 is 0 Å². The second-order valence-electron chi connectivity index (χ2n) is 6.16. The van der Waals surface area contributed by atoms with Gasteiger partial charge in [0.15, 0.2) is 11.6 Å². The second-order valence-corrected chi connectivity index (χ2v) is 6.50. The quantitative estimate of drug-likeness (QED) is 0.809. The van der Waals surface area contributed by atoms with E-state index in [1.165, 1.54) is 18.5 Å². The molecule has 0 unspecified atom stereocenters. The molecular weight excluding hydrogens is 312 g/mol. The molecular formula is C17H19ClN4O. The fourth-order valence-corrected chi connectivity index (χ4v) is 3.55. The maximum absolute atomic E-state index is 6.02. The number of hydrogen-bond donors (Lipinski definition) is 0. The van der Waals surface area contributed by atoms with Crippen LogP contribution in [0.1, 0.15) is 12.8 Å². The van der Waals surface area contributed by atoms with Gasteiger partial charge < -0.3 is 14.5 Å². The van der Waals surface area contributed by atoms with Crippen LogP contribution in [0.4, 0.5) is 11.5 Å². The molecule has 0 N–H and O–H groups in total. The molecule has 0 amide bonds. The minimum Gasteiger partial charge on any atom is -0.491 e. The third-order valence-electron chi connectivity index (χ3n) is 4.78. The Morgan fingerprint density at radius 1 is 1.17 bits per heavy atom. The van der Waals surface area contributed by atoms with Gasteiger partial charge in [-0.1, -0.05) is 18.2 Å². The van der Waals surface area contributed by atoms with E-state index >= 15 is 0 Å². The highest BCUT2D eigenvalue weighted by atomic mass is 35.5. The maximum Gasteiger partial charge on any atom is 0.224 e. The van der Waals surface area contributed by atoms with Gasteiger partial charge in [0.25, 0.3) is 0 Å². The first-order valence-corrected chi connectivity index (χ1v) is 8.24. The molecule has 2 heterocycles.